The Morgan fingerprint density at radius 1 is 1.28 bits per heavy atom. The number of aliphatic hydroxyl groups is 1. The van der Waals surface area contributed by atoms with Crippen molar-refractivity contribution in [2.24, 2.45) is 5.92 Å². The number of hydrogen-bond donors (Lipinski definition) is 2. The van der Waals surface area contributed by atoms with Crippen molar-refractivity contribution in [2.45, 2.75) is 52.2 Å². The smallest absolute Gasteiger partial charge is 0.325 e. The monoisotopic (exact) mass is 346 g/mol. The van der Waals surface area contributed by atoms with Gasteiger partial charge in [-0.2, -0.15) is 0 Å². The second kappa shape index (κ2) is 6.33. The topological polar surface area (TPSA) is 78.9 Å². The van der Waals surface area contributed by atoms with E-state index >= 15 is 0 Å². The van der Waals surface area contributed by atoms with Crippen LogP contribution in [-0.2, 0) is 4.79 Å². The second-order valence-corrected chi connectivity index (χ2v) is 7.44. The van der Waals surface area contributed by atoms with Crippen molar-refractivity contribution in [2.75, 3.05) is 13.2 Å². The number of aliphatic hydroxyl groups excluding tert-OH is 1. The molecule has 1 aliphatic heterocycles. The van der Waals surface area contributed by atoms with Crippen LogP contribution >= 0.6 is 0 Å². The van der Waals surface area contributed by atoms with Crippen molar-refractivity contribution in [3.63, 3.8) is 0 Å². The first-order chi connectivity index (χ1) is 11.7. The van der Waals surface area contributed by atoms with Gasteiger partial charge in [0.2, 0.25) is 0 Å². The molecule has 1 saturated carbocycles. The van der Waals surface area contributed by atoms with Crippen LogP contribution in [0.3, 0.4) is 0 Å². The third-order valence-corrected chi connectivity index (χ3v) is 5.38. The lowest BCUT2D eigenvalue weighted by Gasteiger charge is -2.22. The summed E-state index contributed by atoms with van der Waals surface area (Å²) < 4.78 is 5.78. The average molecular weight is 346 g/mol. The number of β-amino-alcohol motifs (C(OH)–C–C–N with tert-alkyl or cyclic N) is 1. The van der Waals surface area contributed by atoms with E-state index in [4.69, 9.17) is 4.74 Å². The Bertz CT molecular complexity index is 714. The number of carbonyl (C=O) groups is 2. The number of hydrogen-bond acceptors (Lipinski definition) is 4. The van der Waals surface area contributed by atoms with Gasteiger partial charge in [0, 0.05) is 0 Å². The van der Waals surface area contributed by atoms with E-state index in [9.17, 15) is 14.7 Å². The maximum atomic E-state index is 12.6. The molecule has 2 aliphatic rings. The number of aryl methyl sites for hydroxylation is 2. The zero-order chi connectivity index (χ0) is 18.4. The number of carbonyl (C=O) groups excluding carboxylic acids is 2. The normalized spacial score (nSPS) is 24.4. The molecule has 0 radical (unpaired) electrons. The molecule has 1 aromatic carbocycles. The number of benzene rings is 1. The maximum absolute atomic E-state index is 12.6. The maximum Gasteiger partial charge on any atom is 0.325 e. The summed E-state index contributed by atoms with van der Waals surface area (Å²) in [6, 6.07) is 3.57. The quantitative estimate of drug-likeness (QED) is 0.773. The minimum atomic E-state index is -0.935. The Morgan fingerprint density at radius 3 is 2.56 bits per heavy atom. The van der Waals surface area contributed by atoms with Gasteiger partial charge in [-0.15, -0.1) is 0 Å². The van der Waals surface area contributed by atoms with Gasteiger partial charge in [-0.1, -0.05) is 12.1 Å². The van der Waals surface area contributed by atoms with Gasteiger partial charge in [0.15, 0.2) is 0 Å². The third-order valence-electron chi connectivity index (χ3n) is 5.38. The predicted octanol–water partition coefficient (Wildman–Crippen LogP) is 2.07. The van der Waals surface area contributed by atoms with E-state index in [1.54, 1.807) is 6.92 Å². The van der Waals surface area contributed by atoms with Crippen molar-refractivity contribution in [3.05, 3.63) is 28.8 Å². The van der Waals surface area contributed by atoms with Crippen LogP contribution in [-0.4, -0.2) is 46.7 Å². The first kappa shape index (κ1) is 17.7. The molecule has 3 amide bonds. The van der Waals surface area contributed by atoms with Crippen LogP contribution in [0, 0.1) is 26.7 Å². The molecule has 2 N–H and O–H groups in total. The van der Waals surface area contributed by atoms with Gasteiger partial charge in [-0.05, 0) is 63.1 Å². The van der Waals surface area contributed by atoms with Crippen molar-refractivity contribution in [1.29, 1.82) is 0 Å². The summed E-state index contributed by atoms with van der Waals surface area (Å²) in [7, 11) is 0. The van der Waals surface area contributed by atoms with Gasteiger partial charge in [0.25, 0.3) is 5.91 Å². The molecule has 2 unspecified atom stereocenters. The number of imide groups is 1. The standard InChI is InChI=1S/C19H26N2O4/c1-11-5-6-12(2)16(13(11)3)25-10-15(22)9-21-17(23)19(4,14-7-8-14)20-18(21)24/h5-6,14-15,22H,7-10H2,1-4H3,(H,20,24). The Morgan fingerprint density at radius 2 is 1.92 bits per heavy atom. The lowest BCUT2D eigenvalue weighted by molar-refractivity contribution is -0.132. The van der Waals surface area contributed by atoms with Crippen LogP contribution in [0.5, 0.6) is 5.75 Å². The van der Waals surface area contributed by atoms with E-state index < -0.39 is 17.7 Å². The molecule has 6 heteroatoms. The molecule has 25 heavy (non-hydrogen) atoms. The highest BCUT2D eigenvalue weighted by atomic mass is 16.5. The molecular formula is C19H26N2O4. The van der Waals surface area contributed by atoms with Gasteiger partial charge < -0.3 is 15.2 Å². The Labute approximate surface area is 148 Å². The van der Waals surface area contributed by atoms with Crippen LogP contribution < -0.4 is 10.1 Å². The van der Waals surface area contributed by atoms with Gasteiger partial charge in [0.05, 0.1) is 6.54 Å². The van der Waals surface area contributed by atoms with Gasteiger partial charge in [0.1, 0.15) is 24.0 Å². The largest absolute Gasteiger partial charge is 0.490 e. The molecule has 2 fully saturated rings. The number of nitrogens with zero attached hydrogens (tertiary/aromatic N) is 1. The highest BCUT2D eigenvalue weighted by molar-refractivity contribution is 6.07. The Kier molecular flexibility index (Phi) is 4.49. The van der Waals surface area contributed by atoms with E-state index in [0.717, 1.165) is 40.2 Å². The van der Waals surface area contributed by atoms with Crippen LogP contribution in [0.1, 0.15) is 36.5 Å². The minimum Gasteiger partial charge on any atom is -0.490 e. The van der Waals surface area contributed by atoms with Gasteiger partial charge in [-0.3, -0.25) is 9.69 Å². The summed E-state index contributed by atoms with van der Waals surface area (Å²) in [5.41, 5.74) is 2.32. The molecule has 2 atom stereocenters. The molecule has 1 aliphatic carbocycles. The van der Waals surface area contributed by atoms with Crippen molar-refractivity contribution in [3.8, 4) is 5.75 Å². The van der Waals surface area contributed by atoms with E-state index in [1.807, 2.05) is 32.9 Å². The summed E-state index contributed by atoms with van der Waals surface area (Å²) in [5, 5.41) is 13.1. The Hall–Kier alpha value is -2.08. The van der Waals surface area contributed by atoms with Crippen molar-refractivity contribution < 1.29 is 19.4 Å². The fourth-order valence-corrected chi connectivity index (χ4v) is 3.41. The minimum absolute atomic E-state index is 0.0301. The zero-order valence-electron chi connectivity index (χ0n) is 15.3. The molecule has 6 nitrogen and oxygen atoms in total. The van der Waals surface area contributed by atoms with Crippen LogP contribution in [0.15, 0.2) is 12.1 Å². The lowest BCUT2D eigenvalue weighted by Crippen LogP contribution is -2.46. The van der Waals surface area contributed by atoms with Crippen LogP contribution in [0.2, 0.25) is 0 Å². The summed E-state index contributed by atoms with van der Waals surface area (Å²) in [6.45, 7) is 7.67. The van der Waals surface area contributed by atoms with E-state index in [2.05, 4.69) is 5.32 Å². The van der Waals surface area contributed by atoms with Crippen LogP contribution in [0.25, 0.3) is 0 Å². The van der Waals surface area contributed by atoms with E-state index in [0.29, 0.717) is 0 Å². The van der Waals surface area contributed by atoms with Crippen LogP contribution in [0.4, 0.5) is 4.79 Å². The molecule has 1 saturated heterocycles. The molecule has 1 aromatic rings. The second-order valence-electron chi connectivity index (χ2n) is 7.44. The predicted molar refractivity (Wildman–Crippen MR) is 93.5 cm³/mol. The number of nitrogens with one attached hydrogen (secondary N) is 1. The average Bonchev–Trinajstić information content (AvgIpc) is 3.37. The molecule has 0 spiro atoms. The summed E-state index contributed by atoms with van der Waals surface area (Å²) in [4.78, 5) is 25.8. The zero-order valence-corrected chi connectivity index (χ0v) is 15.3. The molecule has 0 aromatic heterocycles. The number of amides is 3. The van der Waals surface area contributed by atoms with Gasteiger partial charge in [-0.25, -0.2) is 4.79 Å². The highest BCUT2D eigenvalue weighted by Crippen LogP contribution is 2.42. The van der Waals surface area contributed by atoms with Crippen molar-refractivity contribution in [1.82, 2.24) is 10.2 Å². The molecule has 3 rings (SSSR count). The van der Waals surface area contributed by atoms with E-state index in [1.165, 1.54) is 0 Å². The molecule has 1 heterocycles. The SMILES string of the molecule is Cc1ccc(C)c(OCC(O)CN2C(=O)NC(C)(C3CC3)C2=O)c1C. The first-order valence-corrected chi connectivity index (χ1v) is 8.76. The highest BCUT2D eigenvalue weighted by Gasteiger charge is 2.56. The molecule has 0 bridgehead atoms. The van der Waals surface area contributed by atoms with Crippen molar-refractivity contribution >= 4 is 11.9 Å². The first-order valence-electron chi connectivity index (χ1n) is 8.76. The molecule has 136 valence electrons. The van der Waals surface area contributed by atoms with Gasteiger partial charge >= 0.3 is 6.03 Å². The lowest BCUT2D eigenvalue weighted by atomic mass is 9.96. The number of ether oxygens (including phenoxy) is 1. The number of urea groups is 1. The fraction of sp³-hybridized carbons (Fsp3) is 0.579. The summed E-state index contributed by atoms with van der Waals surface area (Å²) in [5.74, 6) is 0.709. The fourth-order valence-electron chi connectivity index (χ4n) is 3.41. The summed E-state index contributed by atoms with van der Waals surface area (Å²) >= 11 is 0. The summed E-state index contributed by atoms with van der Waals surface area (Å²) in [6.07, 6.45) is 0.970. The number of rotatable bonds is 6. The molecular weight excluding hydrogens is 320 g/mol. The Balaban J connectivity index is 1.62. The third kappa shape index (κ3) is 3.23. The van der Waals surface area contributed by atoms with E-state index in [-0.39, 0.29) is 25.0 Å².